The first-order valence-electron chi connectivity index (χ1n) is 17.6. The highest BCUT2D eigenvalue weighted by molar-refractivity contribution is 14.1. The van der Waals surface area contributed by atoms with E-state index < -0.39 is 28.1 Å². The van der Waals surface area contributed by atoms with Crippen molar-refractivity contribution in [2.24, 2.45) is 0 Å². The van der Waals surface area contributed by atoms with Gasteiger partial charge in [-0.05, 0) is 161 Å². The molecular formula is C53H33F2IN2O8S. The fourth-order valence-electron chi connectivity index (χ4n) is 3.94. The van der Waals surface area contributed by atoms with E-state index in [1.165, 1.54) is 13.2 Å². The summed E-state index contributed by atoms with van der Waals surface area (Å²) in [5.74, 6) is -0.461. The minimum atomic E-state index is -0.640. The number of thiocarbonyl (C=S) groups is 1. The van der Waals surface area contributed by atoms with E-state index in [2.05, 4.69) is 178 Å². The molecule has 3 aromatic rings. The van der Waals surface area contributed by atoms with Crippen LogP contribution in [-0.4, -0.2) is 25.1 Å². The molecule has 0 aliphatic carbocycles. The fourth-order valence-corrected chi connectivity index (χ4v) is 4.18. The van der Waals surface area contributed by atoms with E-state index in [1.54, 1.807) is 0 Å². The van der Waals surface area contributed by atoms with Crippen molar-refractivity contribution in [3.63, 3.8) is 0 Å². The summed E-state index contributed by atoms with van der Waals surface area (Å²) in [7, 11) is 1.41. The summed E-state index contributed by atoms with van der Waals surface area (Å²) < 4.78 is 32.4. The van der Waals surface area contributed by atoms with Gasteiger partial charge in [0.2, 0.25) is 0 Å². The number of hydrogen-bond acceptors (Lipinski definition) is 9. The zero-order valence-corrected chi connectivity index (χ0v) is 38.2. The van der Waals surface area contributed by atoms with Gasteiger partial charge in [-0.25, -0.2) is 8.78 Å². The van der Waals surface area contributed by atoms with Crippen LogP contribution in [0.2, 0.25) is 0 Å². The van der Waals surface area contributed by atoms with Crippen molar-refractivity contribution in [2.75, 3.05) is 7.11 Å². The molecule has 0 heterocycles. The van der Waals surface area contributed by atoms with Gasteiger partial charge < -0.3 is 14.7 Å². The Labute approximate surface area is 404 Å². The third-order valence-corrected chi connectivity index (χ3v) is 6.58. The van der Waals surface area contributed by atoms with Gasteiger partial charge in [0.1, 0.15) is 24.0 Å². The van der Waals surface area contributed by atoms with Gasteiger partial charge in [0.15, 0.2) is 0 Å². The summed E-state index contributed by atoms with van der Waals surface area (Å²) >= 11 is 6.26. The molecular weight excluding hydrogens is 990 g/mol. The normalized spacial score (nSPS) is 7.28. The van der Waals surface area contributed by atoms with E-state index in [0.717, 1.165) is 47.0 Å². The van der Waals surface area contributed by atoms with Crippen molar-refractivity contribution in [2.45, 2.75) is 41.4 Å². The van der Waals surface area contributed by atoms with E-state index in [1.807, 2.05) is 55.5 Å². The van der Waals surface area contributed by atoms with Crippen LogP contribution in [0.4, 0.5) is 20.2 Å². The maximum atomic E-state index is 13.7. The molecule has 0 spiro atoms. The second-order valence-corrected chi connectivity index (χ2v) is 13.0. The van der Waals surface area contributed by atoms with Crippen molar-refractivity contribution in [3.8, 4) is 5.75 Å². The van der Waals surface area contributed by atoms with Crippen LogP contribution < -0.4 is 4.74 Å². The number of aryl methyl sites for hydroxylation is 3. The van der Waals surface area contributed by atoms with Gasteiger partial charge in [-0.1, -0.05) is 36.6 Å². The van der Waals surface area contributed by atoms with E-state index in [-0.39, 0.29) is 36.5 Å². The third kappa shape index (κ3) is 30.6. The zero-order valence-electron chi connectivity index (χ0n) is 35.2. The van der Waals surface area contributed by atoms with Crippen molar-refractivity contribution in [1.29, 1.82) is 0 Å². The number of nitro benzene ring substituents is 2. The zero-order chi connectivity index (χ0) is 49.4. The number of benzene rings is 3. The van der Waals surface area contributed by atoms with Crippen molar-refractivity contribution >= 4 is 49.2 Å². The number of non-ortho nitro benzene ring substituents is 2. The molecule has 0 amide bonds. The van der Waals surface area contributed by atoms with Crippen LogP contribution >= 0.6 is 34.8 Å². The number of nitro groups is 2. The Kier molecular flexibility index (Phi) is 34.5. The van der Waals surface area contributed by atoms with Crippen molar-refractivity contribution < 1.29 is 38.2 Å². The second kappa shape index (κ2) is 38.6. The molecule has 10 nitrogen and oxygen atoms in total. The van der Waals surface area contributed by atoms with Crippen LogP contribution in [0.5, 0.6) is 5.75 Å². The van der Waals surface area contributed by atoms with Gasteiger partial charge in [-0.15, -0.1) is 0 Å². The molecule has 330 valence electrons. The monoisotopic (exact) mass is 1020 g/mol. The van der Waals surface area contributed by atoms with E-state index in [9.17, 15) is 29.0 Å². The summed E-state index contributed by atoms with van der Waals surface area (Å²) in [5.41, 5.74) is 64.7. The predicted molar refractivity (Wildman–Crippen MR) is 258 cm³/mol. The number of aliphatic hydroxyl groups excluding tert-OH is 1. The van der Waals surface area contributed by atoms with Crippen LogP contribution in [0.1, 0.15) is 35.2 Å². The van der Waals surface area contributed by atoms with Crippen LogP contribution in [0.3, 0.4) is 0 Å². The lowest BCUT2D eigenvalue weighted by molar-refractivity contribution is -0.385. The summed E-state index contributed by atoms with van der Waals surface area (Å²) in [6.07, 6.45) is 0. The van der Waals surface area contributed by atoms with Crippen molar-refractivity contribution in [1.82, 2.24) is 0 Å². The molecule has 0 aromatic heterocycles. The summed E-state index contributed by atoms with van der Waals surface area (Å²) in [4.78, 5) is 28.1. The molecule has 0 atom stereocenters. The smallest absolute Gasteiger partial charge is 0.270 e. The largest absolute Gasteiger partial charge is 0.488 e. The highest BCUT2D eigenvalue weighted by atomic mass is 127. The quantitative estimate of drug-likeness (QED) is 0.0467. The van der Waals surface area contributed by atoms with Gasteiger partial charge in [0.05, 0.1) is 23.6 Å². The van der Waals surface area contributed by atoms with E-state index >= 15 is 0 Å². The Balaban J connectivity index is 0. The minimum absolute atomic E-state index is 0. The molecule has 0 bridgehead atoms. The number of aliphatic hydroxyl groups is 1. The van der Waals surface area contributed by atoms with E-state index in [4.69, 9.17) is 9.84 Å². The SMILES string of the molecule is C.C=C=C=C=C=C=C=C=C=C=C=C=C=C=C=C=C=C=C=C=C=C=C=C=C=C=C.COOC(=S)I.Cc1cc(C)c(OCc2cc([N+](=O)[O-])ccc2F)c(C)c1.O=[N+]([O-])c1ccc(F)c(CO)c1. The molecule has 0 radical (unpaired) electrons. The number of halogens is 3. The van der Waals surface area contributed by atoms with Crippen molar-refractivity contribution in [3.05, 3.63) is 265 Å². The standard InChI is InChI=1S/C27H4.C16H16FNO3.C7H6FNO3.C2H3IO2S.CH4/c1-3-5-7-9-11-13-15-17-19-21-23-25-27-26-24-22-20-18-16-14-12-10-8-6-4-2;1-10-6-11(2)16(12(3)7-10)21-9-13-8-14(18(19)20)4-5-15(13)17;8-7-2-1-6(9(11)12)3-5(7)4-10;1-4-5-2(3)6;/h1-2H2;4-8H,9H2,1-3H3;1-3,10H,4H2;1H3;1H4. The van der Waals surface area contributed by atoms with Crippen LogP contribution in [-0.2, 0) is 23.0 Å². The predicted octanol–water partition coefficient (Wildman–Crippen LogP) is 12.1. The van der Waals surface area contributed by atoms with Crippen LogP contribution in [0, 0.1) is 52.6 Å². The van der Waals surface area contributed by atoms with Gasteiger partial charge in [0, 0.05) is 98.1 Å². The number of ether oxygens (including phenoxy) is 1. The number of nitrogens with zero attached hydrogens (tertiary/aromatic N) is 2. The fraction of sp³-hybridized carbons (Fsp3) is 0.132. The maximum absolute atomic E-state index is 13.7. The van der Waals surface area contributed by atoms with E-state index in [0.29, 0.717) is 8.81 Å². The molecule has 14 heteroatoms. The Bertz CT molecular complexity index is 3200. The second-order valence-electron chi connectivity index (χ2n) is 11.0. The average molecular weight is 1020 g/mol. The summed E-state index contributed by atoms with van der Waals surface area (Å²) in [5, 5.41) is 29.5. The first kappa shape index (κ1) is 60.0. The Morgan fingerprint density at radius 3 is 1.21 bits per heavy atom. The highest BCUT2D eigenvalue weighted by Gasteiger charge is 2.13. The molecule has 3 rings (SSSR count). The number of rotatable bonds is 7. The molecule has 67 heavy (non-hydrogen) atoms. The molecule has 0 saturated heterocycles. The molecule has 0 aliphatic heterocycles. The maximum Gasteiger partial charge on any atom is 0.270 e. The Morgan fingerprint density at radius 1 is 0.627 bits per heavy atom. The topological polar surface area (TPSA) is 134 Å². The lowest BCUT2D eigenvalue weighted by Crippen LogP contribution is -2.02. The number of hydrogen-bond donors (Lipinski definition) is 1. The molecule has 0 saturated carbocycles. The highest BCUT2D eigenvalue weighted by Crippen LogP contribution is 2.26. The first-order valence-corrected chi connectivity index (χ1v) is 19.1. The lowest BCUT2D eigenvalue weighted by Gasteiger charge is -2.13. The Morgan fingerprint density at radius 2 is 0.940 bits per heavy atom. The lowest BCUT2D eigenvalue weighted by atomic mass is 10.1. The molecule has 0 aliphatic rings. The van der Waals surface area contributed by atoms with Gasteiger partial charge in [0.25, 0.3) is 14.4 Å². The van der Waals surface area contributed by atoms with Gasteiger partial charge >= 0.3 is 0 Å². The molecule has 0 unspecified atom stereocenters. The Hall–Kier alpha value is -9.10. The average Bonchev–Trinajstić information content (AvgIpc) is 3.27. The first-order chi connectivity index (χ1) is 31.7. The summed E-state index contributed by atoms with van der Waals surface area (Å²) in [6, 6.07) is 10.4. The molecule has 3 aromatic carbocycles. The van der Waals surface area contributed by atoms with Gasteiger partial charge in [-0.2, -0.15) is 4.89 Å². The molecule has 0 fully saturated rings. The minimum Gasteiger partial charge on any atom is -0.488 e. The van der Waals surface area contributed by atoms with Gasteiger partial charge in [-0.3, -0.25) is 20.2 Å². The third-order valence-electron chi connectivity index (χ3n) is 6.33. The van der Waals surface area contributed by atoms with Crippen LogP contribution in [0.25, 0.3) is 0 Å². The summed E-state index contributed by atoms with van der Waals surface area (Å²) in [6.45, 7) is 11.9. The van der Waals surface area contributed by atoms with Crippen LogP contribution in [0.15, 0.2) is 205 Å². The molecule has 1 N–H and O–H groups in total.